The lowest BCUT2D eigenvalue weighted by molar-refractivity contribution is -0.121. The molecule has 30 heteroatoms. The number of rotatable bonds is 26. The van der Waals surface area contributed by atoms with Crippen LogP contribution in [0.2, 0.25) is 0 Å². The minimum atomic E-state index is -4.15. The van der Waals surface area contributed by atoms with E-state index in [1.165, 1.54) is 97.5 Å². The van der Waals surface area contributed by atoms with Crippen molar-refractivity contribution in [2.45, 2.75) is 42.0 Å². The van der Waals surface area contributed by atoms with E-state index in [2.05, 4.69) is 75.6 Å². The topological polar surface area (TPSA) is 392 Å². The van der Waals surface area contributed by atoms with Crippen LogP contribution < -0.4 is 81.2 Å². The number of carbonyl (C=O) groups excluding carboxylic acids is 4. The third-order valence-corrected chi connectivity index (χ3v) is 15.6. The fraction of sp³-hybridized carbons (Fsp3) is 0.233. The first-order valence-electron chi connectivity index (χ1n) is 27.3. The molecule has 28 nitrogen and oxygen atoms in total. The van der Waals surface area contributed by atoms with Crippen LogP contribution in [-0.4, -0.2) is 110 Å². The molecule has 4 amide bonds. The molecular weight excluding hydrogens is 1200 g/mol. The summed E-state index contributed by atoms with van der Waals surface area (Å²) in [7, 11) is 0.274. The fourth-order valence-corrected chi connectivity index (χ4v) is 11.0. The lowest BCUT2D eigenvalue weighted by Gasteiger charge is -2.28. The second kappa shape index (κ2) is 30.9. The van der Waals surface area contributed by atoms with Crippen LogP contribution in [0.1, 0.15) is 41.6 Å². The van der Waals surface area contributed by atoms with Crippen molar-refractivity contribution >= 4 is 101 Å². The van der Waals surface area contributed by atoms with Crippen LogP contribution in [0.15, 0.2) is 145 Å². The van der Waals surface area contributed by atoms with E-state index in [4.69, 9.17) is 38.7 Å². The van der Waals surface area contributed by atoms with Gasteiger partial charge in [0.1, 0.15) is 32.9 Å². The summed E-state index contributed by atoms with van der Waals surface area (Å²) in [5.74, 6) is 1.40. The molecule has 2 heterocycles. The molecule has 7 aromatic rings. The van der Waals surface area contributed by atoms with Crippen LogP contribution >= 0.6 is 0 Å². The van der Waals surface area contributed by atoms with E-state index < -0.39 is 20.0 Å². The highest BCUT2D eigenvalue weighted by molar-refractivity contribution is 7.89. The molecule has 0 unspecified atom stereocenters. The van der Waals surface area contributed by atoms with Gasteiger partial charge < -0.3 is 71.0 Å². The number of nitrogens with one attached hydrogen (secondary N) is 8. The molecule has 0 aliphatic heterocycles. The molecule has 0 radical (unpaired) electrons. The van der Waals surface area contributed by atoms with Gasteiger partial charge in [0.05, 0.1) is 65.4 Å². The Kier molecular flexibility index (Phi) is 23.0. The minimum absolute atomic E-state index is 0.0681. The largest absolute Gasteiger partial charge is 0.495 e. The van der Waals surface area contributed by atoms with E-state index in [-0.39, 0.29) is 85.7 Å². The van der Waals surface area contributed by atoms with E-state index in [1.54, 1.807) is 66.7 Å². The predicted molar refractivity (Wildman–Crippen MR) is 339 cm³/mol. The highest BCUT2D eigenvalue weighted by atomic mass is 32.2. The van der Waals surface area contributed by atoms with Gasteiger partial charge in [0.2, 0.25) is 49.7 Å². The molecule has 1 saturated carbocycles. The summed E-state index contributed by atoms with van der Waals surface area (Å²) < 4.78 is 81.6. The Morgan fingerprint density at radius 3 is 1.43 bits per heavy atom. The molecule has 1 aliphatic carbocycles. The van der Waals surface area contributed by atoms with Gasteiger partial charge in [-0.3, -0.25) is 19.2 Å². The summed E-state index contributed by atoms with van der Waals surface area (Å²) in [4.78, 5) is 66.1. The monoisotopic (exact) mass is 1270 g/mol. The third-order valence-electron chi connectivity index (χ3n) is 13.6. The third kappa shape index (κ3) is 17.8. The Labute approximate surface area is 519 Å². The van der Waals surface area contributed by atoms with Crippen LogP contribution in [0.4, 0.5) is 57.7 Å². The number of ether oxygens (including phenoxy) is 6. The molecule has 0 spiro atoms. The van der Waals surface area contributed by atoms with Crippen LogP contribution in [-0.2, 0) is 41.0 Å². The van der Waals surface area contributed by atoms with Crippen LogP contribution in [0.5, 0.6) is 34.5 Å². The second-order valence-corrected chi connectivity index (χ2v) is 22.5. The number of carbonyl (C=O) groups is 4. The molecule has 0 saturated heterocycles. The van der Waals surface area contributed by atoms with Gasteiger partial charge >= 0.3 is 0 Å². The Bertz CT molecular complexity index is 4000. The maximum Gasteiger partial charge on any atom is 0.255 e. The molecule has 474 valence electrons. The van der Waals surface area contributed by atoms with E-state index in [9.17, 15) is 36.0 Å². The van der Waals surface area contributed by atoms with Crippen molar-refractivity contribution < 1.29 is 64.4 Å². The number of sulfonamides is 2. The molecule has 12 N–H and O–H groups in total. The molecule has 1 aliphatic rings. The Morgan fingerprint density at radius 2 is 1.00 bits per heavy atom. The van der Waals surface area contributed by atoms with Crippen molar-refractivity contribution in [2.75, 3.05) is 81.1 Å². The molecule has 5 aromatic carbocycles. The second-order valence-electron chi connectivity index (χ2n) is 19.5. The average Bonchev–Trinajstić information content (AvgIpc) is 1.04. The predicted octanol–water partition coefficient (Wildman–Crippen LogP) is 7.38. The number of benzene rings is 5. The van der Waals surface area contributed by atoms with E-state index in [0.717, 1.165) is 18.4 Å². The van der Waals surface area contributed by atoms with Crippen LogP contribution in [0, 0.1) is 11.8 Å². The maximum atomic E-state index is 13.2. The number of hydrogen-bond acceptors (Lipinski definition) is 22. The highest BCUT2D eigenvalue weighted by Crippen LogP contribution is 2.42. The first-order chi connectivity index (χ1) is 43.1. The van der Waals surface area contributed by atoms with Gasteiger partial charge in [-0.25, -0.2) is 37.1 Å². The Morgan fingerprint density at radius 1 is 0.544 bits per heavy atom. The summed E-state index contributed by atoms with van der Waals surface area (Å²) in [5, 5.41) is 34.2. The molecular formula is C60H68N14O14S2. The molecule has 90 heavy (non-hydrogen) atoms. The van der Waals surface area contributed by atoms with Crippen molar-refractivity contribution in [2.24, 2.45) is 22.1 Å². The number of anilines is 10. The summed E-state index contributed by atoms with van der Waals surface area (Å²) in [6.07, 6.45) is 8.41. The summed E-state index contributed by atoms with van der Waals surface area (Å²) >= 11 is 0. The van der Waals surface area contributed by atoms with Crippen LogP contribution in [0.25, 0.3) is 0 Å². The number of nitrogens with zero attached hydrogens (tertiary/aromatic N) is 4. The molecule has 8 rings (SSSR count). The standard InChI is InChI=1S/C30H37N7O7S.C30H31N7O7S/c2*1-5-26(38)33-17-18-9-11-19(12-10-18)29(39)34-20-15-22(27(44-4)24(16-20)43-3)36-30-32-14-13-25(37-30)35-21-7-6-8-23(42-2)28(21)45(31,40)41/h5-8,13-16,18-19H,1,9-12,17H2,2-4H3,(H,33,38)(H,34,39)(H2,31,40,41)(H2,32,35,36,37);5-16H,1,17H2,2-4H3,(H,33,38)(H,34,39)(H2,31,40,41)(H2,32,35,36,37). The van der Waals surface area contributed by atoms with Gasteiger partial charge in [0, 0.05) is 60.5 Å². The van der Waals surface area contributed by atoms with Crippen molar-refractivity contribution in [3.63, 3.8) is 0 Å². The first-order valence-corrected chi connectivity index (χ1v) is 30.4. The zero-order chi connectivity index (χ0) is 65.1. The summed E-state index contributed by atoms with van der Waals surface area (Å²) in [6, 6.07) is 25.6. The first kappa shape index (κ1) is 67.0. The molecule has 0 atom stereocenters. The lowest BCUT2D eigenvalue weighted by Crippen LogP contribution is -2.33. The number of methoxy groups -OCH3 is 6. The van der Waals surface area contributed by atoms with Gasteiger partial charge in [0.15, 0.2) is 23.0 Å². The van der Waals surface area contributed by atoms with Gasteiger partial charge in [-0.15, -0.1) is 0 Å². The quantitative estimate of drug-likeness (QED) is 0.0236. The van der Waals surface area contributed by atoms with Crippen molar-refractivity contribution in [1.82, 2.24) is 30.6 Å². The SMILES string of the molecule is C=CC(=O)NCC1CCC(C(=O)Nc2cc(Nc3nccc(Nc4cccc(OC)c4S(N)(=O)=O)n3)c(OC)c(OC)c2)CC1.C=CC(=O)NCc1ccc(C(=O)Nc2cc(Nc3nccc(Nc4cccc(OC)c4S(N)(=O)=O)n3)c(OC)c(OC)c2)cc1. The van der Waals surface area contributed by atoms with Gasteiger partial charge in [-0.2, -0.15) is 9.97 Å². The minimum Gasteiger partial charge on any atom is -0.495 e. The van der Waals surface area contributed by atoms with Gasteiger partial charge in [-0.05, 0) is 110 Å². The Balaban J connectivity index is 0.000000256. The van der Waals surface area contributed by atoms with Gasteiger partial charge in [-0.1, -0.05) is 37.4 Å². The number of primary sulfonamides is 2. The zero-order valence-corrected chi connectivity index (χ0v) is 51.5. The van der Waals surface area contributed by atoms with Crippen molar-refractivity contribution in [3.05, 3.63) is 146 Å². The van der Waals surface area contributed by atoms with Gasteiger partial charge in [0.25, 0.3) is 5.91 Å². The molecule has 1 fully saturated rings. The number of aromatic nitrogens is 4. The molecule has 2 aromatic heterocycles. The number of amides is 4. The van der Waals surface area contributed by atoms with E-state index >= 15 is 0 Å². The van der Waals surface area contributed by atoms with E-state index in [1.807, 2.05) is 0 Å². The highest BCUT2D eigenvalue weighted by Gasteiger charge is 2.28. The smallest absolute Gasteiger partial charge is 0.255 e. The normalized spacial score (nSPS) is 13.5. The van der Waals surface area contributed by atoms with Crippen molar-refractivity contribution in [1.29, 1.82) is 0 Å². The van der Waals surface area contributed by atoms with Crippen molar-refractivity contribution in [3.8, 4) is 34.5 Å². The Hall–Kier alpha value is -10.6. The van der Waals surface area contributed by atoms with Crippen LogP contribution in [0.3, 0.4) is 0 Å². The number of nitrogens with two attached hydrogens (primary N) is 2. The zero-order valence-electron chi connectivity index (χ0n) is 49.8. The molecule has 0 bridgehead atoms. The summed E-state index contributed by atoms with van der Waals surface area (Å²) in [6.45, 7) is 7.74. The maximum absolute atomic E-state index is 13.2. The number of hydrogen-bond donors (Lipinski definition) is 10. The summed E-state index contributed by atoms with van der Waals surface area (Å²) in [5.41, 5.74) is 3.15. The lowest BCUT2D eigenvalue weighted by atomic mass is 9.81. The average molecular weight is 1270 g/mol. The fourth-order valence-electron chi connectivity index (χ4n) is 9.32. The van der Waals surface area contributed by atoms with E-state index in [0.29, 0.717) is 83.2 Å².